The molecule has 8 nitrogen and oxygen atoms in total. The van der Waals surface area contributed by atoms with E-state index in [2.05, 4.69) is 19.9 Å². The van der Waals surface area contributed by atoms with Gasteiger partial charge in [0.25, 0.3) is 5.91 Å². The number of benzene rings is 1. The molecule has 4 aromatic rings. The van der Waals surface area contributed by atoms with E-state index in [1.54, 1.807) is 43.6 Å². The molecule has 11 heteroatoms. The lowest BCUT2D eigenvalue weighted by molar-refractivity contribution is -0.137. The summed E-state index contributed by atoms with van der Waals surface area (Å²) in [7, 11) is 0. The van der Waals surface area contributed by atoms with E-state index in [4.69, 9.17) is 10.5 Å². The van der Waals surface area contributed by atoms with Crippen LogP contribution < -0.4 is 5.73 Å². The average molecular weight is 509 g/mol. The lowest BCUT2D eigenvalue weighted by atomic mass is 9.99. The number of rotatable bonds is 5. The molecule has 1 unspecified atom stereocenters. The molecule has 1 amide bonds. The Morgan fingerprint density at radius 2 is 1.95 bits per heavy atom. The molecule has 0 saturated heterocycles. The topological polar surface area (TPSA) is 107 Å². The first-order chi connectivity index (χ1) is 17.6. The number of aromatic nitrogens is 4. The number of ether oxygens (including phenoxy) is 1. The molecule has 0 fully saturated rings. The molecule has 4 heterocycles. The van der Waals surface area contributed by atoms with Gasteiger partial charge in [0, 0.05) is 35.1 Å². The number of nitrogens with two attached hydrogens (primary N) is 1. The van der Waals surface area contributed by atoms with Gasteiger partial charge < -0.3 is 15.4 Å². The molecule has 5 rings (SSSR count). The number of halogens is 3. The fraction of sp³-hybridized carbons (Fsp3) is 0.269. The Morgan fingerprint density at radius 3 is 2.62 bits per heavy atom. The molecule has 1 aliphatic heterocycles. The Hall–Kier alpha value is -4.12. The van der Waals surface area contributed by atoms with E-state index in [1.807, 2.05) is 6.92 Å². The Balaban J connectivity index is 1.54. The highest BCUT2D eigenvalue weighted by Crippen LogP contribution is 2.38. The summed E-state index contributed by atoms with van der Waals surface area (Å²) >= 11 is 0. The number of pyridine rings is 2. The van der Waals surface area contributed by atoms with Gasteiger partial charge in [-0.3, -0.25) is 9.78 Å². The molecule has 2 N–H and O–H groups in total. The van der Waals surface area contributed by atoms with Crippen LogP contribution in [0, 0.1) is 0 Å². The third kappa shape index (κ3) is 4.69. The second-order valence-electron chi connectivity index (χ2n) is 8.83. The molecule has 2 atom stereocenters. The largest absolute Gasteiger partial charge is 0.417 e. The van der Waals surface area contributed by atoms with Gasteiger partial charge in [-0.2, -0.15) is 13.2 Å². The van der Waals surface area contributed by atoms with E-state index in [1.165, 1.54) is 11.0 Å². The highest BCUT2D eigenvalue weighted by atomic mass is 19.4. The van der Waals surface area contributed by atoms with Crippen molar-refractivity contribution in [3.8, 4) is 0 Å². The smallest absolute Gasteiger partial charge is 0.383 e. The van der Waals surface area contributed by atoms with Crippen molar-refractivity contribution in [3.05, 3.63) is 88.8 Å². The Morgan fingerprint density at radius 1 is 1.19 bits per heavy atom. The standard InChI is InChI=1S/C26H23F3N6O2/c1-14(24-31-8-3-9-32-24)35(12-18-6-5-17(11-33-18)26(27,28)29)25(36)16-4-7-21-19(10-16)20-13-37-15(2)22(20)23(30)34-21/h3-11,14-15H,12-13H2,1-2H3,(H2,30,34)/t14?,15-/m0/s1. The van der Waals surface area contributed by atoms with E-state index in [0.717, 1.165) is 28.8 Å². The van der Waals surface area contributed by atoms with E-state index in [0.29, 0.717) is 35.0 Å². The van der Waals surface area contributed by atoms with Crippen LogP contribution in [-0.4, -0.2) is 30.7 Å². The van der Waals surface area contributed by atoms with Gasteiger partial charge in [0.15, 0.2) is 0 Å². The van der Waals surface area contributed by atoms with Crippen molar-refractivity contribution in [2.24, 2.45) is 0 Å². The SMILES string of the molecule is CC(c1ncccn1)N(Cc1ccc(C(F)(F)F)cn1)C(=O)c1ccc2nc(N)c3c(c2c1)CO[C@H]3C. The van der Waals surface area contributed by atoms with Crippen LogP contribution >= 0.6 is 0 Å². The molecule has 37 heavy (non-hydrogen) atoms. The van der Waals surface area contributed by atoms with Gasteiger partial charge in [-0.25, -0.2) is 15.0 Å². The Kier molecular flexibility index (Phi) is 6.24. The van der Waals surface area contributed by atoms with E-state index in [-0.39, 0.29) is 18.6 Å². The van der Waals surface area contributed by atoms with Gasteiger partial charge in [-0.05, 0) is 55.8 Å². The number of hydrogen-bond acceptors (Lipinski definition) is 7. The van der Waals surface area contributed by atoms with Crippen LogP contribution in [0.25, 0.3) is 10.9 Å². The minimum atomic E-state index is -4.50. The second-order valence-corrected chi connectivity index (χ2v) is 8.83. The Bertz CT molecular complexity index is 1460. The second kappa shape index (κ2) is 9.40. The fourth-order valence-corrected chi connectivity index (χ4v) is 4.48. The van der Waals surface area contributed by atoms with Crippen LogP contribution in [0.15, 0.2) is 55.0 Å². The number of fused-ring (bicyclic) bond motifs is 3. The number of nitrogen functional groups attached to an aromatic ring is 1. The van der Waals surface area contributed by atoms with Crippen molar-refractivity contribution in [2.45, 2.75) is 45.3 Å². The van der Waals surface area contributed by atoms with Crippen molar-refractivity contribution in [3.63, 3.8) is 0 Å². The van der Waals surface area contributed by atoms with Crippen molar-refractivity contribution in [1.82, 2.24) is 24.8 Å². The van der Waals surface area contributed by atoms with Crippen LogP contribution in [0.5, 0.6) is 0 Å². The summed E-state index contributed by atoms with van der Waals surface area (Å²) in [5, 5.41) is 0.760. The summed E-state index contributed by atoms with van der Waals surface area (Å²) in [5.74, 6) is 0.429. The quantitative estimate of drug-likeness (QED) is 0.404. The van der Waals surface area contributed by atoms with Crippen LogP contribution in [0.2, 0.25) is 0 Å². The van der Waals surface area contributed by atoms with Crippen molar-refractivity contribution in [2.75, 3.05) is 5.73 Å². The molecular weight excluding hydrogens is 485 g/mol. The first-order valence-corrected chi connectivity index (χ1v) is 11.6. The molecule has 0 bridgehead atoms. The summed E-state index contributed by atoms with van der Waals surface area (Å²) in [4.78, 5) is 32.3. The van der Waals surface area contributed by atoms with Gasteiger partial charge in [0.05, 0.1) is 42.1 Å². The number of nitrogens with zero attached hydrogens (tertiary/aromatic N) is 5. The van der Waals surface area contributed by atoms with Crippen molar-refractivity contribution >= 4 is 22.6 Å². The number of amides is 1. The summed E-state index contributed by atoms with van der Waals surface area (Å²) in [5.41, 5.74) is 8.29. The molecule has 0 spiro atoms. The predicted octanol–water partition coefficient (Wildman–Crippen LogP) is 5.02. The highest BCUT2D eigenvalue weighted by molar-refractivity contribution is 5.99. The zero-order valence-corrected chi connectivity index (χ0v) is 20.0. The molecule has 190 valence electrons. The van der Waals surface area contributed by atoms with Gasteiger partial charge in [-0.1, -0.05) is 0 Å². The number of carbonyl (C=O) groups is 1. The third-order valence-corrected chi connectivity index (χ3v) is 6.47. The number of carbonyl (C=O) groups excluding carboxylic acids is 1. The lowest BCUT2D eigenvalue weighted by Gasteiger charge is -2.28. The van der Waals surface area contributed by atoms with E-state index < -0.39 is 17.8 Å². The monoisotopic (exact) mass is 508 g/mol. The van der Waals surface area contributed by atoms with Crippen molar-refractivity contribution in [1.29, 1.82) is 0 Å². The maximum atomic E-state index is 13.9. The van der Waals surface area contributed by atoms with Gasteiger partial charge in [-0.15, -0.1) is 0 Å². The highest BCUT2D eigenvalue weighted by Gasteiger charge is 2.32. The molecular formula is C26H23F3N6O2. The maximum absolute atomic E-state index is 13.9. The molecule has 0 radical (unpaired) electrons. The van der Waals surface area contributed by atoms with Gasteiger partial charge in [0.1, 0.15) is 11.6 Å². The van der Waals surface area contributed by atoms with Crippen LogP contribution in [0.1, 0.15) is 64.6 Å². The number of hydrogen-bond donors (Lipinski definition) is 1. The fourth-order valence-electron chi connectivity index (χ4n) is 4.48. The molecule has 0 saturated carbocycles. The van der Waals surface area contributed by atoms with Crippen LogP contribution in [0.4, 0.5) is 19.0 Å². The third-order valence-electron chi connectivity index (χ3n) is 6.47. The minimum absolute atomic E-state index is 0.0489. The van der Waals surface area contributed by atoms with E-state index in [9.17, 15) is 18.0 Å². The number of alkyl halides is 3. The summed E-state index contributed by atoms with van der Waals surface area (Å²) < 4.78 is 44.8. The normalized spacial score (nSPS) is 16.0. The first-order valence-electron chi connectivity index (χ1n) is 11.6. The van der Waals surface area contributed by atoms with Crippen molar-refractivity contribution < 1.29 is 22.7 Å². The summed E-state index contributed by atoms with van der Waals surface area (Å²) in [6.45, 7) is 3.95. The molecule has 1 aliphatic rings. The lowest BCUT2D eigenvalue weighted by Crippen LogP contribution is -2.34. The average Bonchev–Trinajstić information content (AvgIpc) is 3.29. The zero-order valence-electron chi connectivity index (χ0n) is 20.0. The maximum Gasteiger partial charge on any atom is 0.417 e. The number of anilines is 1. The predicted molar refractivity (Wildman–Crippen MR) is 129 cm³/mol. The summed E-state index contributed by atoms with van der Waals surface area (Å²) in [6, 6.07) is 8.40. The first kappa shape index (κ1) is 24.6. The van der Waals surface area contributed by atoms with Crippen LogP contribution in [-0.2, 0) is 24.1 Å². The van der Waals surface area contributed by atoms with E-state index >= 15 is 0 Å². The van der Waals surface area contributed by atoms with Crippen LogP contribution in [0.3, 0.4) is 0 Å². The zero-order chi connectivity index (χ0) is 26.3. The molecule has 0 aliphatic carbocycles. The molecule has 3 aromatic heterocycles. The Labute approximate surface area is 210 Å². The van der Waals surface area contributed by atoms with Gasteiger partial charge >= 0.3 is 6.18 Å². The van der Waals surface area contributed by atoms with Gasteiger partial charge in [0.2, 0.25) is 0 Å². The summed E-state index contributed by atoms with van der Waals surface area (Å²) in [6.07, 6.45) is -0.819. The minimum Gasteiger partial charge on any atom is -0.383 e. The molecule has 1 aromatic carbocycles.